The molecule has 0 atom stereocenters. The van der Waals surface area contributed by atoms with Gasteiger partial charge in [-0.2, -0.15) is 0 Å². The second-order valence-corrected chi connectivity index (χ2v) is 6.44. The van der Waals surface area contributed by atoms with Crippen LogP contribution in [0.3, 0.4) is 0 Å². The number of ether oxygens (including phenoxy) is 1. The molecule has 0 aromatic heterocycles. The van der Waals surface area contributed by atoms with E-state index in [4.69, 9.17) is 16.3 Å². The van der Waals surface area contributed by atoms with Crippen molar-refractivity contribution in [2.24, 2.45) is 0 Å². The summed E-state index contributed by atoms with van der Waals surface area (Å²) < 4.78 is 4.95. The maximum atomic E-state index is 13.0. The van der Waals surface area contributed by atoms with E-state index in [-0.39, 0.29) is 6.61 Å². The Labute approximate surface area is 160 Å². The van der Waals surface area contributed by atoms with Gasteiger partial charge in [0.2, 0.25) is 0 Å². The number of nitrogens with zero attached hydrogens (tertiary/aromatic N) is 1. The highest BCUT2D eigenvalue weighted by molar-refractivity contribution is 6.40. The largest absolute Gasteiger partial charge is 0.462 e. The van der Waals surface area contributed by atoms with Crippen LogP contribution in [0.2, 0.25) is 5.02 Å². The highest BCUT2D eigenvalue weighted by Crippen LogP contribution is 2.35. The zero-order valence-corrected chi connectivity index (χ0v) is 15.1. The van der Waals surface area contributed by atoms with Gasteiger partial charge in [-0.1, -0.05) is 23.7 Å². The molecule has 0 saturated heterocycles. The highest BCUT2D eigenvalue weighted by Gasteiger charge is 2.34. The molecule has 134 valence electrons. The number of halogens is 1. The summed E-state index contributed by atoms with van der Waals surface area (Å²) in [7, 11) is 0. The van der Waals surface area contributed by atoms with Crippen LogP contribution in [0.4, 0.5) is 5.69 Å². The van der Waals surface area contributed by atoms with Crippen molar-refractivity contribution < 1.29 is 19.1 Å². The Kier molecular flexibility index (Phi) is 4.16. The molecule has 27 heavy (non-hydrogen) atoms. The van der Waals surface area contributed by atoms with Crippen molar-refractivity contribution in [1.29, 1.82) is 0 Å². The number of anilines is 1. The Morgan fingerprint density at radius 2 is 1.63 bits per heavy atom. The van der Waals surface area contributed by atoms with Crippen molar-refractivity contribution in [3.63, 3.8) is 0 Å². The van der Waals surface area contributed by atoms with Crippen molar-refractivity contribution in [3.05, 3.63) is 76.3 Å². The average Bonchev–Trinajstić information content (AvgIpc) is 2.68. The molecule has 0 aliphatic carbocycles. The minimum atomic E-state index is -0.454. The number of carbonyl (C=O) groups is 3. The van der Waals surface area contributed by atoms with Gasteiger partial charge in [0.25, 0.3) is 11.8 Å². The predicted octanol–water partition coefficient (Wildman–Crippen LogP) is 4.47. The summed E-state index contributed by atoms with van der Waals surface area (Å²) in [6.07, 6.45) is 0. The molecular weight excluding hydrogens is 366 g/mol. The van der Waals surface area contributed by atoms with E-state index in [1.807, 2.05) is 0 Å². The summed E-state index contributed by atoms with van der Waals surface area (Å²) in [6.45, 7) is 1.99. The van der Waals surface area contributed by atoms with Crippen LogP contribution >= 0.6 is 11.6 Å². The fourth-order valence-electron chi connectivity index (χ4n) is 3.26. The standard InChI is InChI=1S/C21H14ClNO4/c1-2-27-21(26)12-6-8-13(9-7-12)23-19(24)15-5-3-4-14-17(22)11-10-16(18(14)15)20(23)25/h3-11H,2H2,1H3. The van der Waals surface area contributed by atoms with E-state index >= 15 is 0 Å². The summed E-state index contributed by atoms with van der Waals surface area (Å²) >= 11 is 6.22. The first-order valence-electron chi connectivity index (χ1n) is 8.40. The second kappa shape index (κ2) is 6.52. The minimum absolute atomic E-state index is 0.271. The molecule has 4 rings (SSSR count). The molecule has 5 nitrogen and oxygen atoms in total. The van der Waals surface area contributed by atoms with E-state index in [9.17, 15) is 14.4 Å². The van der Waals surface area contributed by atoms with Crippen molar-refractivity contribution in [2.45, 2.75) is 6.92 Å². The first-order chi connectivity index (χ1) is 13.0. The molecule has 3 aromatic rings. The number of hydrogen-bond acceptors (Lipinski definition) is 4. The summed E-state index contributed by atoms with van der Waals surface area (Å²) in [5.41, 5.74) is 1.57. The lowest BCUT2D eigenvalue weighted by atomic mass is 9.93. The van der Waals surface area contributed by atoms with E-state index < -0.39 is 17.8 Å². The first-order valence-corrected chi connectivity index (χ1v) is 8.78. The average molecular weight is 380 g/mol. The zero-order chi connectivity index (χ0) is 19.1. The number of rotatable bonds is 3. The number of imide groups is 1. The molecule has 0 bridgehead atoms. The molecule has 0 radical (unpaired) electrons. The van der Waals surface area contributed by atoms with Crippen molar-refractivity contribution in [2.75, 3.05) is 11.5 Å². The van der Waals surface area contributed by atoms with Gasteiger partial charge in [-0.15, -0.1) is 0 Å². The summed E-state index contributed by atoms with van der Waals surface area (Å²) in [6, 6.07) is 14.7. The van der Waals surface area contributed by atoms with Crippen molar-refractivity contribution in [3.8, 4) is 0 Å². The molecule has 1 heterocycles. The molecule has 1 aliphatic rings. The number of esters is 1. The molecule has 1 aliphatic heterocycles. The fourth-order valence-corrected chi connectivity index (χ4v) is 3.48. The van der Waals surface area contributed by atoms with Crippen LogP contribution in [0.15, 0.2) is 54.6 Å². The molecular formula is C21H14ClNO4. The van der Waals surface area contributed by atoms with Crippen molar-refractivity contribution in [1.82, 2.24) is 0 Å². The van der Waals surface area contributed by atoms with Crippen LogP contribution in [0, 0.1) is 0 Å². The molecule has 3 aromatic carbocycles. The normalized spacial score (nSPS) is 13.2. The quantitative estimate of drug-likeness (QED) is 0.497. The molecule has 6 heteroatoms. The van der Waals surface area contributed by atoms with E-state index in [2.05, 4.69) is 0 Å². The third-order valence-electron chi connectivity index (χ3n) is 4.49. The van der Waals surface area contributed by atoms with E-state index in [1.165, 1.54) is 12.1 Å². The van der Waals surface area contributed by atoms with Gasteiger partial charge in [0.05, 0.1) is 17.9 Å². The summed E-state index contributed by atoms with van der Waals surface area (Å²) in [4.78, 5) is 38.9. The van der Waals surface area contributed by atoms with Gasteiger partial charge in [0.15, 0.2) is 0 Å². The van der Waals surface area contributed by atoms with Crippen LogP contribution in [-0.4, -0.2) is 24.4 Å². The van der Waals surface area contributed by atoms with Gasteiger partial charge in [0.1, 0.15) is 0 Å². The molecule has 0 unspecified atom stereocenters. The molecule has 0 N–H and O–H groups in total. The van der Waals surface area contributed by atoms with Crippen LogP contribution in [-0.2, 0) is 4.74 Å². The predicted molar refractivity (Wildman–Crippen MR) is 102 cm³/mol. The SMILES string of the molecule is CCOC(=O)c1ccc(N2C(=O)c3cccc4c(Cl)ccc(c34)C2=O)cc1. The number of amides is 2. The Balaban J connectivity index is 1.80. The third-order valence-corrected chi connectivity index (χ3v) is 4.82. The smallest absolute Gasteiger partial charge is 0.338 e. The fraction of sp³-hybridized carbons (Fsp3) is 0.0952. The maximum Gasteiger partial charge on any atom is 0.338 e. The van der Waals surface area contributed by atoms with Gasteiger partial charge < -0.3 is 4.74 Å². The number of benzene rings is 3. The Hall–Kier alpha value is -3.18. The minimum Gasteiger partial charge on any atom is -0.462 e. The molecule has 0 spiro atoms. The number of carbonyl (C=O) groups excluding carboxylic acids is 3. The summed E-state index contributed by atoms with van der Waals surface area (Å²) in [5, 5.41) is 1.73. The van der Waals surface area contributed by atoms with Gasteiger partial charge in [-0.25, -0.2) is 9.69 Å². The number of hydrogen-bond donors (Lipinski definition) is 0. The van der Waals surface area contributed by atoms with Crippen LogP contribution < -0.4 is 4.90 Å². The van der Waals surface area contributed by atoms with Crippen LogP contribution in [0.5, 0.6) is 0 Å². The Bertz CT molecular complexity index is 1080. The lowest BCUT2D eigenvalue weighted by Crippen LogP contribution is -2.40. The Morgan fingerprint density at radius 3 is 2.30 bits per heavy atom. The van der Waals surface area contributed by atoms with Gasteiger partial charge in [0, 0.05) is 26.9 Å². The van der Waals surface area contributed by atoms with Gasteiger partial charge in [-0.05, 0) is 49.4 Å². The maximum absolute atomic E-state index is 13.0. The molecule has 0 fully saturated rings. The Morgan fingerprint density at radius 1 is 0.963 bits per heavy atom. The lowest BCUT2D eigenvalue weighted by molar-refractivity contribution is 0.0526. The first kappa shape index (κ1) is 17.2. The molecule has 2 amide bonds. The molecule has 0 saturated carbocycles. The topological polar surface area (TPSA) is 63.7 Å². The zero-order valence-electron chi connectivity index (χ0n) is 14.4. The van der Waals surface area contributed by atoms with Gasteiger partial charge >= 0.3 is 5.97 Å². The lowest BCUT2D eigenvalue weighted by Gasteiger charge is -2.27. The highest BCUT2D eigenvalue weighted by atomic mass is 35.5. The van der Waals surface area contributed by atoms with Gasteiger partial charge in [-0.3, -0.25) is 9.59 Å². The van der Waals surface area contributed by atoms with Crippen LogP contribution in [0.1, 0.15) is 38.0 Å². The van der Waals surface area contributed by atoms with Crippen molar-refractivity contribution >= 4 is 45.8 Å². The van der Waals surface area contributed by atoms with Crippen LogP contribution in [0.25, 0.3) is 10.8 Å². The van der Waals surface area contributed by atoms with E-state index in [0.717, 1.165) is 4.90 Å². The third kappa shape index (κ3) is 2.67. The van der Waals surface area contributed by atoms with E-state index in [0.29, 0.717) is 38.2 Å². The second-order valence-electron chi connectivity index (χ2n) is 6.04. The summed E-state index contributed by atoms with van der Waals surface area (Å²) in [5.74, 6) is -1.31. The monoisotopic (exact) mass is 379 g/mol. The van der Waals surface area contributed by atoms with E-state index in [1.54, 1.807) is 49.4 Å².